The highest BCUT2D eigenvalue weighted by atomic mass is 35.5. The van der Waals surface area contributed by atoms with Gasteiger partial charge in [0, 0.05) is 17.1 Å². The Hall–Kier alpha value is -0.530. The van der Waals surface area contributed by atoms with Crippen molar-refractivity contribution in [3.8, 4) is 0 Å². The number of halogens is 1. The van der Waals surface area contributed by atoms with Crippen LogP contribution in [0.3, 0.4) is 0 Å². The molecule has 1 saturated carbocycles. The van der Waals surface area contributed by atoms with Crippen LogP contribution in [0.15, 0.2) is 24.3 Å². The summed E-state index contributed by atoms with van der Waals surface area (Å²) in [5.74, 6) is 1.61. The second-order valence-corrected chi connectivity index (χ2v) is 6.25. The first kappa shape index (κ1) is 13.9. The van der Waals surface area contributed by atoms with Crippen molar-refractivity contribution in [2.24, 2.45) is 11.8 Å². The quantitative estimate of drug-likeness (QED) is 0.827. The summed E-state index contributed by atoms with van der Waals surface area (Å²) in [6.07, 6.45) is 4.05. The molecule has 0 amide bonds. The third kappa shape index (κ3) is 3.27. The smallest absolute Gasteiger partial charge is 0.0406 e. The highest BCUT2D eigenvalue weighted by molar-refractivity contribution is 6.30. The highest BCUT2D eigenvalue weighted by Gasteiger charge is 2.27. The van der Waals surface area contributed by atoms with Crippen LogP contribution in [-0.4, -0.2) is 6.04 Å². The summed E-state index contributed by atoms with van der Waals surface area (Å²) < 4.78 is 0. The van der Waals surface area contributed by atoms with E-state index in [1.165, 1.54) is 24.8 Å². The first-order valence-electron chi connectivity index (χ1n) is 7.09. The average molecular weight is 266 g/mol. The summed E-state index contributed by atoms with van der Waals surface area (Å²) in [6.45, 7) is 7.01. The van der Waals surface area contributed by atoms with Gasteiger partial charge in [0.1, 0.15) is 0 Å². The minimum Gasteiger partial charge on any atom is -0.307 e. The fraction of sp³-hybridized carbons (Fsp3) is 0.625. The Labute approximate surface area is 116 Å². The Bertz CT molecular complexity index is 373. The molecule has 100 valence electrons. The molecule has 1 aliphatic carbocycles. The molecular weight excluding hydrogens is 242 g/mol. The van der Waals surface area contributed by atoms with E-state index in [0.717, 1.165) is 16.9 Å². The van der Waals surface area contributed by atoms with E-state index in [4.69, 9.17) is 11.6 Å². The highest BCUT2D eigenvalue weighted by Crippen LogP contribution is 2.31. The lowest BCUT2D eigenvalue weighted by molar-refractivity contribution is 0.196. The van der Waals surface area contributed by atoms with Gasteiger partial charge in [0.05, 0.1) is 0 Å². The average Bonchev–Trinajstić information content (AvgIpc) is 2.36. The summed E-state index contributed by atoms with van der Waals surface area (Å²) in [5, 5.41) is 4.60. The summed E-state index contributed by atoms with van der Waals surface area (Å²) in [5.41, 5.74) is 1.32. The van der Waals surface area contributed by atoms with Gasteiger partial charge in [0.25, 0.3) is 0 Å². The molecule has 2 rings (SSSR count). The summed E-state index contributed by atoms with van der Waals surface area (Å²) >= 11 is 5.93. The molecule has 0 aromatic heterocycles. The number of nitrogens with one attached hydrogen (secondary N) is 1. The van der Waals surface area contributed by atoms with Crippen molar-refractivity contribution in [2.75, 3.05) is 0 Å². The van der Waals surface area contributed by atoms with Gasteiger partial charge in [-0.25, -0.2) is 0 Å². The van der Waals surface area contributed by atoms with Crippen molar-refractivity contribution in [1.29, 1.82) is 0 Å². The Morgan fingerprint density at radius 1 is 1.17 bits per heavy atom. The van der Waals surface area contributed by atoms with Gasteiger partial charge in [0.2, 0.25) is 0 Å². The van der Waals surface area contributed by atoms with Crippen LogP contribution in [-0.2, 0) is 0 Å². The first-order chi connectivity index (χ1) is 8.58. The van der Waals surface area contributed by atoms with E-state index in [1.807, 2.05) is 12.1 Å². The van der Waals surface area contributed by atoms with Crippen LogP contribution in [0.25, 0.3) is 0 Å². The lowest BCUT2D eigenvalue weighted by Crippen LogP contribution is -2.41. The molecule has 2 heteroatoms. The molecule has 0 aliphatic heterocycles. The maximum atomic E-state index is 5.93. The first-order valence-corrected chi connectivity index (χ1v) is 7.47. The molecule has 1 aromatic carbocycles. The van der Waals surface area contributed by atoms with Gasteiger partial charge in [-0.3, -0.25) is 0 Å². The van der Waals surface area contributed by atoms with Gasteiger partial charge < -0.3 is 5.32 Å². The predicted octanol–water partition coefficient (Wildman–Crippen LogP) is 4.82. The molecular formula is C16H24ClN. The predicted molar refractivity (Wildman–Crippen MR) is 79.0 cm³/mol. The van der Waals surface area contributed by atoms with Crippen LogP contribution < -0.4 is 5.32 Å². The Morgan fingerprint density at radius 3 is 2.50 bits per heavy atom. The number of benzene rings is 1. The molecule has 0 spiro atoms. The van der Waals surface area contributed by atoms with Crippen molar-refractivity contribution < 1.29 is 0 Å². The van der Waals surface area contributed by atoms with Crippen LogP contribution in [0.4, 0.5) is 0 Å². The van der Waals surface area contributed by atoms with E-state index >= 15 is 0 Å². The second-order valence-electron chi connectivity index (χ2n) is 5.81. The molecule has 0 saturated heterocycles. The summed E-state index contributed by atoms with van der Waals surface area (Å²) in [6, 6.07) is 9.25. The molecule has 0 heterocycles. The van der Waals surface area contributed by atoms with E-state index in [9.17, 15) is 0 Å². The molecule has 1 nitrogen and oxygen atoms in total. The minimum atomic E-state index is 0.403. The summed E-state index contributed by atoms with van der Waals surface area (Å²) in [7, 11) is 0. The van der Waals surface area contributed by atoms with Gasteiger partial charge in [-0.1, -0.05) is 50.4 Å². The Balaban J connectivity index is 1.98. The molecule has 3 unspecified atom stereocenters. The third-order valence-corrected chi connectivity index (χ3v) is 4.79. The van der Waals surface area contributed by atoms with Crippen molar-refractivity contribution in [2.45, 2.75) is 52.1 Å². The second kappa shape index (κ2) is 6.08. The fourth-order valence-corrected chi connectivity index (χ4v) is 3.11. The molecule has 0 bridgehead atoms. The Kier molecular flexibility index (Phi) is 4.69. The van der Waals surface area contributed by atoms with Crippen molar-refractivity contribution in [3.63, 3.8) is 0 Å². The maximum absolute atomic E-state index is 5.93. The zero-order chi connectivity index (χ0) is 13.1. The number of hydrogen-bond acceptors (Lipinski definition) is 1. The zero-order valence-electron chi connectivity index (χ0n) is 11.6. The monoisotopic (exact) mass is 265 g/mol. The normalized spacial score (nSPS) is 30.1. The molecule has 18 heavy (non-hydrogen) atoms. The van der Waals surface area contributed by atoms with Crippen LogP contribution >= 0.6 is 11.6 Å². The molecule has 1 fully saturated rings. The van der Waals surface area contributed by atoms with Crippen molar-refractivity contribution >= 4 is 11.6 Å². The van der Waals surface area contributed by atoms with Crippen molar-refractivity contribution in [1.82, 2.24) is 5.32 Å². The van der Waals surface area contributed by atoms with Crippen molar-refractivity contribution in [3.05, 3.63) is 34.9 Å². The Morgan fingerprint density at radius 2 is 1.83 bits per heavy atom. The van der Waals surface area contributed by atoms with Gasteiger partial charge >= 0.3 is 0 Å². The summed E-state index contributed by atoms with van der Waals surface area (Å²) in [4.78, 5) is 0. The maximum Gasteiger partial charge on any atom is 0.0406 e. The van der Waals surface area contributed by atoms with Gasteiger partial charge in [-0.15, -0.1) is 0 Å². The molecule has 4 atom stereocenters. The fourth-order valence-electron chi connectivity index (χ4n) is 2.99. The van der Waals surface area contributed by atoms with Gasteiger partial charge in [0.15, 0.2) is 0 Å². The van der Waals surface area contributed by atoms with Crippen LogP contribution in [0.2, 0.25) is 5.02 Å². The van der Waals surface area contributed by atoms with E-state index in [1.54, 1.807) is 0 Å². The topological polar surface area (TPSA) is 12.0 Å². The minimum absolute atomic E-state index is 0.403. The SMILES string of the molecule is CC1CCCC(N[C@@H](C)c2ccc(Cl)cc2)C1C. The third-order valence-electron chi connectivity index (χ3n) is 4.54. The van der Waals surface area contributed by atoms with Gasteiger partial charge in [-0.05, 0) is 42.9 Å². The standard InChI is InChI=1S/C16H24ClN/c1-11-5-4-6-16(12(11)2)18-13(3)14-7-9-15(17)10-8-14/h7-13,16,18H,4-6H2,1-3H3/t11?,12?,13-,16?/m0/s1. The van der Waals surface area contributed by atoms with E-state index in [0.29, 0.717) is 12.1 Å². The molecule has 1 aromatic rings. The van der Waals surface area contributed by atoms with Crippen LogP contribution in [0, 0.1) is 11.8 Å². The van der Waals surface area contributed by atoms with Crippen LogP contribution in [0.1, 0.15) is 51.6 Å². The number of rotatable bonds is 3. The molecule has 1 aliphatic rings. The molecule has 1 N–H and O–H groups in total. The lowest BCUT2D eigenvalue weighted by atomic mass is 9.77. The molecule has 0 radical (unpaired) electrons. The van der Waals surface area contributed by atoms with E-state index < -0.39 is 0 Å². The zero-order valence-corrected chi connectivity index (χ0v) is 12.4. The number of hydrogen-bond donors (Lipinski definition) is 1. The lowest BCUT2D eigenvalue weighted by Gasteiger charge is -2.36. The van der Waals surface area contributed by atoms with E-state index in [-0.39, 0.29) is 0 Å². The largest absolute Gasteiger partial charge is 0.307 e. The van der Waals surface area contributed by atoms with Gasteiger partial charge in [-0.2, -0.15) is 0 Å². The van der Waals surface area contributed by atoms with E-state index in [2.05, 4.69) is 38.2 Å². The van der Waals surface area contributed by atoms with Crippen LogP contribution in [0.5, 0.6) is 0 Å².